The highest BCUT2D eigenvalue weighted by Crippen LogP contribution is 2.39. The Morgan fingerprint density at radius 2 is 0.658 bits per heavy atom. The van der Waals surface area contributed by atoms with Crippen molar-refractivity contribution in [2.45, 2.75) is 129 Å². The minimum absolute atomic E-state index is 0.00544. The van der Waals surface area contributed by atoms with Crippen LogP contribution in [0.3, 0.4) is 0 Å². The number of esters is 1. The zero-order valence-electron chi connectivity index (χ0n) is 45.4. The molecule has 6 atom stereocenters. The van der Waals surface area contributed by atoms with Crippen LogP contribution in [-0.2, 0) is 0 Å². The predicted octanol–water partition coefficient (Wildman–Crippen LogP) is 16.8. The fourth-order valence-corrected chi connectivity index (χ4v) is 6.58. The highest BCUT2D eigenvalue weighted by atomic mass is 19.2. The van der Waals surface area contributed by atoms with E-state index in [0.717, 1.165) is 60.3 Å². The normalized spacial score (nSPS) is 14.2. The Balaban J connectivity index is 1.95. The first-order chi connectivity index (χ1) is 34.8. The van der Waals surface area contributed by atoms with E-state index in [1.807, 2.05) is 77.1 Å². The molecule has 8 nitrogen and oxygen atoms in total. The number of hydrogen-bond acceptors (Lipinski definition) is 8. The third-order valence-electron chi connectivity index (χ3n) is 13.4. The Labute approximate surface area is 431 Å². The van der Waals surface area contributed by atoms with Gasteiger partial charge in [-0.2, -0.15) is 8.78 Å². The summed E-state index contributed by atoms with van der Waals surface area (Å²) >= 11 is 0. The van der Waals surface area contributed by atoms with Gasteiger partial charge in [-0.1, -0.05) is 146 Å². The Bertz CT molecular complexity index is 2460. The van der Waals surface area contributed by atoms with E-state index >= 15 is 0 Å². The van der Waals surface area contributed by atoms with E-state index in [1.165, 1.54) is 12.1 Å². The van der Waals surface area contributed by atoms with Crippen LogP contribution in [0.5, 0.6) is 40.2 Å². The summed E-state index contributed by atoms with van der Waals surface area (Å²) in [5.41, 5.74) is 3.36. The first-order valence-electron chi connectivity index (χ1n) is 26.2. The molecule has 4 aromatic carbocycles. The van der Waals surface area contributed by atoms with Crippen molar-refractivity contribution in [1.82, 2.24) is 0 Å². The second-order valence-corrected chi connectivity index (χ2v) is 19.9. The largest absolute Gasteiger partial charge is 0.493 e. The monoisotopic (exact) mass is 1020 g/mol. The fraction of sp³-hybridized carbons (Fsp3) is 0.517. The average Bonchev–Trinajstić information content (AvgIpc) is 3.40. The Morgan fingerprint density at radius 3 is 1.00 bits per heavy atom. The minimum Gasteiger partial charge on any atom is -0.493 e. The highest BCUT2D eigenvalue weighted by Gasteiger charge is 2.30. The van der Waals surface area contributed by atoms with Crippen LogP contribution in [0.4, 0.5) is 22.0 Å². The van der Waals surface area contributed by atoms with Gasteiger partial charge in [-0.3, -0.25) is 0 Å². The van der Waals surface area contributed by atoms with Crippen molar-refractivity contribution in [3.05, 3.63) is 98.9 Å². The highest BCUT2D eigenvalue weighted by molar-refractivity contribution is 5.95. The first kappa shape index (κ1) is 59.8. The van der Waals surface area contributed by atoms with E-state index in [4.69, 9.17) is 33.2 Å². The van der Waals surface area contributed by atoms with Gasteiger partial charge in [-0.25, -0.2) is 18.0 Å². The van der Waals surface area contributed by atoms with Gasteiger partial charge in [0.1, 0.15) is 40.1 Å². The van der Waals surface area contributed by atoms with Crippen LogP contribution in [0.25, 0.3) is 24.3 Å². The van der Waals surface area contributed by atoms with Crippen molar-refractivity contribution < 1.29 is 59.9 Å². The number of ether oxygens (including phenoxy) is 7. The second-order valence-electron chi connectivity index (χ2n) is 19.9. The predicted molar refractivity (Wildman–Crippen MR) is 283 cm³/mol. The summed E-state index contributed by atoms with van der Waals surface area (Å²) in [4.78, 5) is 13.8. The third-order valence-corrected chi connectivity index (χ3v) is 13.4. The molecule has 0 saturated carbocycles. The summed E-state index contributed by atoms with van der Waals surface area (Å²) in [6.45, 7) is 29.3. The van der Waals surface area contributed by atoms with Crippen LogP contribution in [0.2, 0.25) is 0 Å². The van der Waals surface area contributed by atoms with Crippen molar-refractivity contribution in [3.8, 4) is 40.2 Å². The first-order valence-corrected chi connectivity index (χ1v) is 26.2. The van der Waals surface area contributed by atoms with Crippen LogP contribution in [0, 0.1) is 71.5 Å². The number of rotatable bonds is 30. The zero-order chi connectivity index (χ0) is 53.9. The molecule has 13 heteroatoms. The van der Waals surface area contributed by atoms with Gasteiger partial charge in [-0.05, 0) is 84.4 Å². The molecule has 0 aliphatic carbocycles. The number of carbonyl (C=O) groups excluding carboxylic acids is 1. The van der Waals surface area contributed by atoms with Crippen molar-refractivity contribution in [1.29, 1.82) is 0 Å². The van der Waals surface area contributed by atoms with E-state index in [0.29, 0.717) is 67.3 Å². The number of carbonyl (C=O) groups is 1. The maximum absolute atomic E-state index is 14.8. The summed E-state index contributed by atoms with van der Waals surface area (Å²) in [5, 5.41) is 0. The third kappa shape index (κ3) is 17.2. The standard InChI is InChI=1S/C60H79F5O8/c1-14-36(7)30-67-48-25-43(49(24-42(48)13)68-31-37(8)15-2)20-21-44-26-51(70-33-39(10)17-4)45(27-50(44)69-32-38(9)16-3)22-23-46-28-53(72-35-41(12)19-6)47(29-52(46)71-34-40(11)18-5)60(66)73-59-57(64)55(62)54(61)56(63)58(59)65/h20-29,36-41H,14-19,30-35H2,1-13H3/b21-20+,23-22+/t36-,37-,38-,39-,40-,41-/m0/s1. The number of benzene rings is 4. The molecule has 0 aromatic heterocycles. The van der Waals surface area contributed by atoms with Crippen molar-refractivity contribution in [3.63, 3.8) is 0 Å². The van der Waals surface area contributed by atoms with Gasteiger partial charge in [-0.15, -0.1) is 0 Å². The Hall–Kier alpha value is -5.72. The molecule has 0 spiro atoms. The van der Waals surface area contributed by atoms with Gasteiger partial charge >= 0.3 is 5.97 Å². The lowest BCUT2D eigenvalue weighted by molar-refractivity contribution is 0.0709. The molecule has 0 radical (unpaired) electrons. The van der Waals surface area contributed by atoms with Gasteiger partial charge in [0.25, 0.3) is 0 Å². The lowest BCUT2D eigenvalue weighted by Gasteiger charge is -2.20. The summed E-state index contributed by atoms with van der Waals surface area (Å²) in [6, 6.07) is 10.8. The lowest BCUT2D eigenvalue weighted by atomic mass is 10.0. The lowest BCUT2D eigenvalue weighted by Crippen LogP contribution is -2.17. The zero-order valence-corrected chi connectivity index (χ0v) is 45.4. The maximum Gasteiger partial charge on any atom is 0.347 e. The SMILES string of the molecule is CC[C@H](C)COc1cc(/C=C/c2cc(OC[C@@H](C)CC)c(/C=C/c3cc(OC[C@@H](C)CC)c(C(=O)Oc4c(F)c(F)c(F)c(F)c4F)cc3OC[C@@H](C)CC)cc2OC[C@@H](C)CC)c(OC[C@@H](C)CC)cc1C. The summed E-state index contributed by atoms with van der Waals surface area (Å²) in [5.74, 6) is -10.5. The number of halogens is 5. The minimum atomic E-state index is -2.38. The quantitative estimate of drug-likeness (QED) is 0.0128. The molecule has 0 aliphatic rings. The summed E-state index contributed by atoms with van der Waals surface area (Å²) in [7, 11) is 0. The molecule has 402 valence electrons. The smallest absolute Gasteiger partial charge is 0.347 e. The Morgan fingerprint density at radius 1 is 0.397 bits per heavy atom. The fourth-order valence-electron chi connectivity index (χ4n) is 6.58. The van der Waals surface area contributed by atoms with E-state index in [1.54, 1.807) is 6.08 Å². The van der Waals surface area contributed by atoms with Gasteiger partial charge in [0, 0.05) is 22.3 Å². The molecule has 0 heterocycles. The van der Waals surface area contributed by atoms with Crippen LogP contribution in [0.1, 0.15) is 160 Å². The van der Waals surface area contributed by atoms with E-state index in [9.17, 15) is 26.7 Å². The van der Waals surface area contributed by atoms with Gasteiger partial charge < -0.3 is 33.2 Å². The van der Waals surface area contributed by atoms with Gasteiger partial charge in [0.2, 0.25) is 34.8 Å². The number of hydrogen-bond donors (Lipinski definition) is 0. The molecule has 4 aromatic rings. The Kier molecular flexibility index (Phi) is 24.0. The van der Waals surface area contributed by atoms with Crippen molar-refractivity contribution in [2.24, 2.45) is 35.5 Å². The molecule has 0 fully saturated rings. The van der Waals surface area contributed by atoms with Crippen LogP contribution >= 0.6 is 0 Å². The van der Waals surface area contributed by atoms with E-state index < -0.39 is 40.8 Å². The summed E-state index contributed by atoms with van der Waals surface area (Å²) in [6.07, 6.45) is 12.9. The second kappa shape index (κ2) is 29.2. The number of aryl methyl sites for hydroxylation is 1. The molecule has 0 saturated heterocycles. The van der Waals surface area contributed by atoms with E-state index in [2.05, 4.69) is 55.4 Å². The molecular weight excluding hydrogens is 944 g/mol. The molecule has 4 rings (SSSR count). The molecule has 0 bridgehead atoms. The topological polar surface area (TPSA) is 81.7 Å². The van der Waals surface area contributed by atoms with E-state index in [-0.39, 0.29) is 53.9 Å². The van der Waals surface area contributed by atoms with Crippen LogP contribution < -0.4 is 33.2 Å². The molecule has 0 amide bonds. The van der Waals surface area contributed by atoms with Gasteiger partial charge in [0.15, 0.2) is 0 Å². The van der Waals surface area contributed by atoms with Crippen molar-refractivity contribution in [2.75, 3.05) is 39.6 Å². The van der Waals surface area contributed by atoms with Crippen molar-refractivity contribution >= 4 is 30.3 Å². The molecule has 0 aliphatic heterocycles. The molecule has 0 unspecified atom stereocenters. The maximum atomic E-state index is 14.8. The molecular formula is C60H79F5O8. The van der Waals surface area contributed by atoms with Gasteiger partial charge in [0.05, 0.1) is 39.6 Å². The molecule has 0 N–H and O–H groups in total. The van der Waals surface area contributed by atoms with Crippen LogP contribution in [0.15, 0.2) is 36.4 Å². The summed E-state index contributed by atoms with van der Waals surface area (Å²) < 4.78 is 116. The average molecular weight is 1020 g/mol. The molecule has 73 heavy (non-hydrogen) atoms. The van der Waals surface area contributed by atoms with Crippen LogP contribution in [-0.4, -0.2) is 45.6 Å².